The Balaban J connectivity index is 2.08. The molecule has 0 aliphatic carbocycles. The molecule has 0 amide bonds. The van der Waals surface area contributed by atoms with Crippen LogP contribution in [0.4, 0.5) is 0 Å². The van der Waals surface area contributed by atoms with Crippen molar-refractivity contribution in [1.29, 1.82) is 0 Å². The van der Waals surface area contributed by atoms with E-state index >= 15 is 0 Å². The largest absolute Gasteiger partial charge is 0.298 e. The van der Waals surface area contributed by atoms with Gasteiger partial charge in [0.1, 0.15) is 0 Å². The Morgan fingerprint density at radius 3 is 2.17 bits per heavy atom. The molecule has 3 rings (SSSR count). The molecule has 0 atom stereocenters. The summed E-state index contributed by atoms with van der Waals surface area (Å²) in [5.41, 5.74) is 3.17. The highest BCUT2D eigenvalue weighted by Crippen LogP contribution is 2.24. The lowest BCUT2D eigenvalue weighted by molar-refractivity contribution is 0.102. The molecular formula is C20H13ClO2. The number of ketones is 1. The van der Waals surface area contributed by atoms with Crippen LogP contribution in [0.3, 0.4) is 0 Å². The molecule has 0 bridgehead atoms. The molecule has 0 saturated heterocycles. The minimum absolute atomic E-state index is 0.193. The number of rotatable bonds is 4. The zero-order valence-electron chi connectivity index (χ0n) is 12.2. The summed E-state index contributed by atoms with van der Waals surface area (Å²) in [5.74, 6) is -0.193. The van der Waals surface area contributed by atoms with Gasteiger partial charge in [-0.1, -0.05) is 54.1 Å². The molecule has 0 saturated carbocycles. The van der Waals surface area contributed by atoms with Gasteiger partial charge >= 0.3 is 0 Å². The zero-order valence-corrected chi connectivity index (χ0v) is 13.0. The van der Waals surface area contributed by atoms with Crippen molar-refractivity contribution in [2.75, 3.05) is 0 Å². The second kappa shape index (κ2) is 6.59. The number of carbonyl (C=O) groups is 2. The normalized spacial score (nSPS) is 10.3. The highest BCUT2D eigenvalue weighted by molar-refractivity contribution is 6.30. The average Bonchev–Trinajstić information content (AvgIpc) is 2.62. The number of hydrogen-bond donors (Lipinski definition) is 0. The van der Waals surface area contributed by atoms with Crippen LogP contribution < -0.4 is 0 Å². The third-order valence-electron chi connectivity index (χ3n) is 3.64. The van der Waals surface area contributed by atoms with Crippen LogP contribution in [0.15, 0.2) is 72.8 Å². The van der Waals surface area contributed by atoms with Crippen LogP contribution >= 0.6 is 11.6 Å². The van der Waals surface area contributed by atoms with Crippen molar-refractivity contribution in [3.05, 3.63) is 94.5 Å². The van der Waals surface area contributed by atoms with E-state index in [0.717, 1.165) is 11.1 Å². The molecule has 0 heterocycles. The van der Waals surface area contributed by atoms with Gasteiger partial charge in [-0.3, -0.25) is 9.59 Å². The van der Waals surface area contributed by atoms with Gasteiger partial charge in [-0.25, -0.2) is 0 Å². The Morgan fingerprint density at radius 1 is 0.826 bits per heavy atom. The quantitative estimate of drug-likeness (QED) is 0.498. The van der Waals surface area contributed by atoms with Gasteiger partial charge in [-0.15, -0.1) is 0 Å². The fourth-order valence-corrected chi connectivity index (χ4v) is 2.55. The molecule has 0 aliphatic rings. The fourth-order valence-electron chi connectivity index (χ4n) is 2.42. The molecule has 2 nitrogen and oxygen atoms in total. The van der Waals surface area contributed by atoms with Crippen molar-refractivity contribution in [3.63, 3.8) is 0 Å². The van der Waals surface area contributed by atoms with Gasteiger partial charge in [0.05, 0.1) is 0 Å². The molecule has 0 spiro atoms. The third-order valence-corrected chi connectivity index (χ3v) is 3.89. The highest BCUT2D eigenvalue weighted by Gasteiger charge is 2.14. The number of hydrogen-bond acceptors (Lipinski definition) is 2. The minimum atomic E-state index is -0.193. The van der Waals surface area contributed by atoms with Crippen molar-refractivity contribution < 1.29 is 9.59 Å². The van der Waals surface area contributed by atoms with Crippen LogP contribution in [-0.4, -0.2) is 12.1 Å². The summed E-state index contributed by atoms with van der Waals surface area (Å²) >= 11 is 5.86. The summed E-state index contributed by atoms with van der Waals surface area (Å²) in [7, 11) is 0. The minimum Gasteiger partial charge on any atom is -0.298 e. The van der Waals surface area contributed by atoms with Crippen molar-refractivity contribution in [2.24, 2.45) is 0 Å². The van der Waals surface area contributed by atoms with Crippen LogP contribution in [0.2, 0.25) is 5.02 Å². The van der Waals surface area contributed by atoms with E-state index in [0.29, 0.717) is 28.0 Å². The first-order valence-corrected chi connectivity index (χ1v) is 7.52. The van der Waals surface area contributed by atoms with E-state index in [4.69, 9.17) is 11.6 Å². The maximum atomic E-state index is 12.7. The van der Waals surface area contributed by atoms with E-state index in [9.17, 15) is 9.59 Å². The Kier molecular flexibility index (Phi) is 4.35. The first kappa shape index (κ1) is 15.2. The first-order chi connectivity index (χ1) is 11.2. The Hall–Kier alpha value is -2.71. The van der Waals surface area contributed by atoms with E-state index in [2.05, 4.69) is 0 Å². The van der Waals surface area contributed by atoms with E-state index in [1.807, 2.05) is 36.4 Å². The van der Waals surface area contributed by atoms with Crippen molar-refractivity contribution in [2.45, 2.75) is 0 Å². The topological polar surface area (TPSA) is 34.1 Å². The van der Waals surface area contributed by atoms with Crippen LogP contribution in [0, 0.1) is 0 Å². The van der Waals surface area contributed by atoms with Crippen molar-refractivity contribution in [1.82, 2.24) is 0 Å². The smallest absolute Gasteiger partial charge is 0.193 e. The van der Waals surface area contributed by atoms with E-state index < -0.39 is 0 Å². The molecule has 3 heteroatoms. The van der Waals surface area contributed by atoms with Gasteiger partial charge in [0.2, 0.25) is 0 Å². The second-order valence-electron chi connectivity index (χ2n) is 5.12. The van der Waals surface area contributed by atoms with E-state index in [1.165, 1.54) is 0 Å². The summed E-state index contributed by atoms with van der Waals surface area (Å²) in [6.07, 6.45) is 0.706. The molecule has 0 fully saturated rings. The fraction of sp³-hybridized carbons (Fsp3) is 0. The van der Waals surface area contributed by atoms with Gasteiger partial charge in [0, 0.05) is 21.7 Å². The summed E-state index contributed by atoms with van der Waals surface area (Å²) in [4.78, 5) is 24.0. The highest BCUT2D eigenvalue weighted by atomic mass is 35.5. The number of aldehydes is 1. The van der Waals surface area contributed by atoms with E-state index in [-0.39, 0.29) is 5.78 Å². The number of benzene rings is 3. The maximum absolute atomic E-state index is 12.7. The van der Waals surface area contributed by atoms with Crippen LogP contribution in [0.5, 0.6) is 0 Å². The van der Waals surface area contributed by atoms with Crippen LogP contribution in [0.1, 0.15) is 26.3 Å². The molecule has 0 N–H and O–H groups in total. The predicted octanol–water partition coefficient (Wildman–Crippen LogP) is 5.05. The molecule has 112 valence electrons. The van der Waals surface area contributed by atoms with Gasteiger partial charge in [-0.2, -0.15) is 0 Å². The molecular weight excluding hydrogens is 308 g/mol. The summed E-state index contributed by atoms with van der Waals surface area (Å²) in [6, 6.07) is 21.7. The van der Waals surface area contributed by atoms with Gasteiger partial charge < -0.3 is 0 Å². The molecule has 0 aliphatic heterocycles. The van der Waals surface area contributed by atoms with Crippen LogP contribution in [-0.2, 0) is 0 Å². The standard InChI is InChI=1S/C20H13ClO2/c21-18-10-8-15(9-11-18)20(23)19-12-16(6-7-17(19)13-22)14-4-2-1-3-5-14/h1-13H. The average molecular weight is 321 g/mol. The third kappa shape index (κ3) is 3.22. The summed E-state index contributed by atoms with van der Waals surface area (Å²) < 4.78 is 0. The van der Waals surface area contributed by atoms with Crippen molar-refractivity contribution in [3.8, 4) is 11.1 Å². The van der Waals surface area contributed by atoms with Crippen LogP contribution in [0.25, 0.3) is 11.1 Å². The SMILES string of the molecule is O=Cc1ccc(-c2ccccc2)cc1C(=O)c1ccc(Cl)cc1. The zero-order chi connectivity index (χ0) is 16.2. The lowest BCUT2D eigenvalue weighted by Crippen LogP contribution is -2.05. The molecule has 23 heavy (non-hydrogen) atoms. The lowest BCUT2D eigenvalue weighted by atomic mass is 9.94. The Morgan fingerprint density at radius 2 is 1.52 bits per heavy atom. The predicted molar refractivity (Wildman–Crippen MR) is 92.2 cm³/mol. The second-order valence-corrected chi connectivity index (χ2v) is 5.56. The molecule has 3 aromatic carbocycles. The van der Waals surface area contributed by atoms with Gasteiger partial charge in [0.15, 0.2) is 12.1 Å². The monoisotopic (exact) mass is 320 g/mol. The molecule has 0 radical (unpaired) electrons. The molecule has 0 unspecified atom stereocenters. The Bertz CT molecular complexity index is 853. The van der Waals surface area contributed by atoms with Crippen molar-refractivity contribution >= 4 is 23.7 Å². The Labute approximate surface area is 139 Å². The molecule has 3 aromatic rings. The number of halogens is 1. The van der Waals surface area contributed by atoms with Gasteiger partial charge in [-0.05, 0) is 41.5 Å². The summed E-state index contributed by atoms with van der Waals surface area (Å²) in [5, 5.41) is 0.565. The number of carbonyl (C=O) groups excluding carboxylic acids is 2. The summed E-state index contributed by atoms with van der Waals surface area (Å²) in [6.45, 7) is 0. The maximum Gasteiger partial charge on any atom is 0.193 e. The lowest BCUT2D eigenvalue weighted by Gasteiger charge is -2.08. The van der Waals surface area contributed by atoms with Gasteiger partial charge in [0.25, 0.3) is 0 Å². The van der Waals surface area contributed by atoms with E-state index in [1.54, 1.807) is 36.4 Å². The molecule has 0 aromatic heterocycles. The first-order valence-electron chi connectivity index (χ1n) is 7.14.